The fraction of sp³-hybridized carbons (Fsp3) is 0.138. The van der Waals surface area contributed by atoms with Gasteiger partial charge in [-0.3, -0.25) is 9.52 Å². The molecule has 0 bridgehead atoms. The second-order valence-electron chi connectivity index (χ2n) is 8.92. The number of nitrogens with zero attached hydrogens (tertiary/aromatic N) is 1. The van der Waals surface area contributed by atoms with Crippen LogP contribution >= 0.6 is 23.2 Å². The van der Waals surface area contributed by atoms with Gasteiger partial charge in [-0.1, -0.05) is 53.5 Å². The quantitative estimate of drug-likeness (QED) is 0.239. The van der Waals surface area contributed by atoms with Crippen LogP contribution in [-0.4, -0.2) is 34.0 Å². The first-order chi connectivity index (χ1) is 18.8. The molecular weight excluding hydrogens is 557 g/mol. The first-order valence-corrected chi connectivity index (χ1v) is 14.5. The Morgan fingerprint density at radius 2 is 1.67 bits per heavy atom. The molecule has 10 heteroatoms. The van der Waals surface area contributed by atoms with Crippen LogP contribution in [0.25, 0.3) is 0 Å². The van der Waals surface area contributed by atoms with Gasteiger partial charge >= 0.3 is 0 Å². The topological polar surface area (TPSA) is 87.7 Å². The minimum atomic E-state index is -4.01. The smallest absolute Gasteiger partial charge is 0.261 e. The third-order valence-corrected chi connectivity index (χ3v) is 8.25. The molecule has 39 heavy (non-hydrogen) atoms. The molecule has 7 nitrogen and oxygen atoms in total. The largest absolute Gasteiger partial charge is 0.456 e. The average Bonchev–Trinajstić information content (AvgIpc) is 3.34. The van der Waals surface area contributed by atoms with E-state index >= 15 is 0 Å². The first-order valence-electron chi connectivity index (χ1n) is 12.3. The number of amides is 1. The lowest BCUT2D eigenvalue weighted by Gasteiger charge is -2.20. The highest BCUT2D eigenvalue weighted by Gasteiger charge is 2.21. The van der Waals surface area contributed by atoms with E-state index in [0.29, 0.717) is 34.6 Å². The van der Waals surface area contributed by atoms with Crippen LogP contribution in [0.15, 0.2) is 95.9 Å². The Balaban J connectivity index is 1.26. The lowest BCUT2D eigenvalue weighted by Crippen LogP contribution is -2.34. The summed E-state index contributed by atoms with van der Waals surface area (Å²) in [6.07, 6.45) is 0.970. The zero-order valence-electron chi connectivity index (χ0n) is 20.7. The number of hydrogen-bond acceptors (Lipinski definition) is 5. The van der Waals surface area contributed by atoms with Crippen molar-refractivity contribution < 1.29 is 17.9 Å². The minimum Gasteiger partial charge on any atom is -0.456 e. The van der Waals surface area contributed by atoms with Crippen molar-refractivity contribution in [2.75, 3.05) is 29.3 Å². The van der Waals surface area contributed by atoms with Crippen molar-refractivity contribution in [1.29, 1.82) is 0 Å². The molecule has 1 amide bonds. The molecule has 0 aliphatic carbocycles. The highest BCUT2D eigenvalue weighted by atomic mass is 35.5. The van der Waals surface area contributed by atoms with Crippen molar-refractivity contribution in [3.05, 3.63) is 112 Å². The predicted octanol–water partition coefficient (Wildman–Crippen LogP) is 6.38. The average molecular weight is 583 g/mol. The third-order valence-electron chi connectivity index (χ3n) is 6.32. The maximum absolute atomic E-state index is 13.1. The molecule has 0 spiro atoms. The van der Waals surface area contributed by atoms with Crippen LogP contribution in [0, 0.1) is 0 Å². The number of para-hydroxylation sites is 2. The number of carbonyl (C=O) groups excluding carboxylic acids is 1. The van der Waals surface area contributed by atoms with Gasteiger partial charge in [0.1, 0.15) is 11.5 Å². The number of ether oxygens (including phenoxy) is 1. The van der Waals surface area contributed by atoms with Crippen molar-refractivity contribution in [2.24, 2.45) is 0 Å². The monoisotopic (exact) mass is 581 g/mol. The SMILES string of the molecule is O=C(NCCN1CCc2ccccc21)c1cc(Cl)ccc1NS(=O)(=O)c1ccc(Oc2ccccc2Cl)cc1. The maximum atomic E-state index is 13.1. The number of halogens is 2. The fourth-order valence-corrected chi connectivity index (χ4v) is 5.80. The highest BCUT2D eigenvalue weighted by molar-refractivity contribution is 7.92. The first kappa shape index (κ1) is 26.9. The summed E-state index contributed by atoms with van der Waals surface area (Å²) in [5.41, 5.74) is 2.72. The molecule has 1 aliphatic rings. The minimum absolute atomic E-state index is 0.00279. The van der Waals surface area contributed by atoms with E-state index in [0.717, 1.165) is 13.0 Å². The molecule has 1 heterocycles. The third kappa shape index (κ3) is 6.30. The Hall–Kier alpha value is -3.72. The van der Waals surface area contributed by atoms with E-state index in [2.05, 4.69) is 27.1 Å². The molecule has 0 atom stereocenters. The van der Waals surface area contributed by atoms with Gasteiger partial charge in [-0.25, -0.2) is 8.42 Å². The predicted molar refractivity (Wildman–Crippen MR) is 155 cm³/mol. The molecule has 200 valence electrons. The van der Waals surface area contributed by atoms with Crippen molar-refractivity contribution in [2.45, 2.75) is 11.3 Å². The number of nitrogens with one attached hydrogen (secondary N) is 2. The van der Waals surface area contributed by atoms with Gasteiger partial charge in [-0.2, -0.15) is 0 Å². The molecule has 0 fully saturated rings. The molecule has 0 aromatic heterocycles. The second-order valence-corrected chi connectivity index (χ2v) is 11.4. The molecule has 0 saturated heterocycles. The molecule has 0 unspecified atom stereocenters. The van der Waals surface area contributed by atoms with E-state index in [1.807, 2.05) is 12.1 Å². The molecule has 4 aromatic rings. The zero-order chi connectivity index (χ0) is 27.4. The summed E-state index contributed by atoms with van der Waals surface area (Å²) in [7, 11) is -4.01. The van der Waals surface area contributed by atoms with Crippen LogP contribution in [0.1, 0.15) is 15.9 Å². The Bertz CT molecular complexity index is 1610. The Kier molecular flexibility index (Phi) is 7.97. The van der Waals surface area contributed by atoms with Gasteiger partial charge in [-0.15, -0.1) is 0 Å². The van der Waals surface area contributed by atoms with Crippen LogP contribution in [0.5, 0.6) is 11.5 Å². The lowest BCUT2D eigenvalue weighted by atomic mass is 10.1. The standard InChI is InChI=1S/C29H25Cl2N3O4S/c30-21-9-14-26(24(19-21)29(35)32-16-18-34-17-15-20-5-1-3-7-27(20)34)33-39(36,37)23-12-10-22(11-13-23)38-28-8-4-2-6-25(28)31/h1-14,19,33H,15-18H2,(H,32,35). The van der Waals surface area contributed by atoms with Crippen LogP contribution in [0.4, 0.5) is 11.4 Å². The normalized spacial score (nSPS) is 12.6. The second kappa shape index (κ2) is 11.6. The van der Waals surface area contributed by atoms with Crippen molar-refractivity contribution >= 4 is 50.5 Å². The van der Waals surface area contributed by atoms with Crippen LogP contribution in [0.2, 0.25) is 10.0 Å². The number of benzene rings is 4. The van der Waals surface area contributed by atoms with E-state index < -0.39 is 15.9 Å². The molecule has 2 N–H and O–H groups in total. The van der Waals surface area contributed by atoms with Crippen molar-refractivity contribution in [3.63, 3.8) is 0 Å². The highest BCUT2D eigenvalue weighted by Crippen LogP contribution is 2.30. The molecule has 4 aromatic carbocycles. The van der Waals surface area contributed by atoms with Crippen molar-refractivity contribution in [3.8, 4) is 11.5 Å². The summed E-state index contributed by atoms with van der Waals surface area (Å²) in [5, 5.41) is 3.64. The van der Waals surface area contributed by atoms with Gasteiger partial charge in [-0.05, 0) is 72.6 Å². The summed E-state index contributed by atoms with van der Waals surface area (Å²) >= 11 is 12.3. The molecule has 0 saturated carbocycles. The summed E-state index contributed by atoms with van der Waals surface area (Å²) in [6, 6.07) is 25.5. The van der Waals surface area contributed by atoms with E-state index in [1.165, 1.54) is 53.7 Å². The molecule has 0 radical (unpaired) electrons. The number of anilines is 2. The Morgan fingerprint density at radius 1 is 0.923 bits per heavy atom. The van der Waals surface area contributed by atoms with Crippen LogP contribution < -0.4 is 19.7 Å². The summed E-state index contributed by atoms with van der Waals surface area (Å²) in [6.45, 7) is 1.91. The molecule has 5 rings (SSSR count). The number of hydrogen-bond donors (Lipinski definition) is 2. The fourth-order valence-electron chi connectivity index (χ4n) is 4.38. The molecular formula is C29H25Cl2N3O4S. The van der Waals surface area contributed by atoms with E-state index in [-0.39, 0.29) is 16.1 Å². The van der Waals surface area contributed by atoms with E-state index in [9.17, 15) is 13.2 Å². The lowest BCUT2D eigenvalue weighted by molar-refractivity contribution is 0.0955. The maximum Gasteiger partial charge on any atom is 0.261 e. The number of carbonyl (C=O) groups is 1. The van der Waals surface area contributed by atoms with Gasteiger partial charge in [0.15, 0.2) is 0 Å². The summed E-state index contributed by atoms with van der Waals surface area (Å²) < 4.78 is 34.5. The van der Waals surface area contributed by atoms with Gasteiger partial charge in [0, 0.05) is 30.3 Å². The number of fused-ring (bicyclic) bond motifs is 1. The van der Waals surface area contributed by atoms with E-state index in [4.69, 9.17) is 27.9 Å². The summed E-state index contributed by atoms with van der Waals surface area (Å²) in [5.74, 6) is 0.457. The molecule has 1 aliphatic heterocycles. The van der Waals surface area contributed by atoms with Gasteiger partial charge in [0.05, 0.1) is 21.2 Å². The van der Waals surface area contributed by atoms with Crippen LogP contribution in [0.3, 0.4) is 0 Å². The van der Waals surface area contributed by atoms with Crippen molar-refractivity contribution in [1.82, 2.24) is 5.32 Å². The van der Waals surface area contributed by atoms with Gasteiger partial charge in [0.25, 0.3) is 15.9 Å². The van der Waals surface area contributed by atoms with E-state index in [1.54, 1.807) is 24.3 Å². The Morgan fingerprint density at radius 3 is 2.46 bits per heavy atom. The summed E-state index contributed by atoms with van der Waals surface area (Å²) in [4.78, 5) is 15.3. The van der Waals surface area contributed by atoms with Crippen LogP contribution in [-0.2, 0) is 16.4 Å². The van der Waals surface area contributed by atoms with Gasteiger partial charge < -0.3 is 15.0 Å². The van der Waals surface area contributed by atoms with Gasteiger partial charge in [0.2, 0.25) is 0 Å². The number of sulfonamides is 1. The Labute approximate surface area is 237 Å². The zero-order valence-corrected chi connectivity index (χ0v) is 23.1. The number of rotatable bonds is 9.